The Balaban J connectivity index is 1.92. The van der Waals surface area contributed by atoms with Crippen molar-refractivity contribution < 1.29 is 19.1 Å². The maximum atomic E-state index is 12.9. The summed E-state index contributed by atoms with van der Waals surface area (Å²) >= 11 is 0. The number of benzene rings is 2. The summed E-state index contributed by atoms with van der Waals surface area (Å²) in [6.45, 7) is 4.41. The van der Waals surface area contributed by atoms with Gasteiger partial charge in [-0.15, -0.1) is 0 Å². The summed E-state index contributed by atoms with van der Waals surface area (Å²) in [5, 5.41) is 3.13. The zero-order valence-corrected chi connectivity index (χ0v) is 16.3. The van der Waals surface area contributed by atoms with Crippen LogP contribution in [0.15, 0.2) is 60.3 Å². The van der Waals surface area contributed by atoms with Crippen LogP contribution in [0.2, 0.25) is 0 Å². The lowest BCUT2D eigenvalue weighted by Gasteiger charge is -2.14. The number of anilines is 1. The van der Waals surface area contributed by atoms with Gasteiger partial charge in [0.1, 0.15) is 11.4 Å². The maximum Gasteiger partial charge on any atom is 0.278 e. The summed E-state index contributed by atoms with van der Waals surface area (Å²) in [7, 11) is 1.54. The van der Waals surface area contributed by atoms with Crippen LogP contribution in [0.5, 0.6) is 5.75 Å². The third-order valence-corrected chi connectivity index (χ3v) is 4.24. The van der Waals surface area contributed by atoms with E-state index in [1.165, 1.54) is 12.0 Å². The Hall–Kier alpha value is -3.12. The molecule has 1 aliphatic rings. The fourth-order valence-electron chi connectivity index (χ4n) is 2.98. The minimum absolute atomic E-state index is 0.0783. The van der Waals surface area contributed by atoms with Gasteiger partial charge in [0.2, 0.25) is 0 Å². The predicted octanol–water partition coefficient (Wildman–Crippen LogP) is 3.31. The standard InChI is InChI=1S/C22H24N2O4/c1-15(2)28-18-11-9-17(10-12-18)23-20-19(16-7-5-4-6-8-16)21(25)24(22(20)26)13-14-27-3/h4-12,15,23H,13-14H2,1-3H3. The Kier molecular flexibility index (Phi) is 6.11. The number of nitrogens with one attached hydrogen (secondary N) is 1. The van der Waals surface area contributed by atoms with E-state index in [-0.39, 0.29) is 36.8 Å². The van der Waals surface area contributed by atoms with Crippen LogP contribution in [0.3, 0.4) is 0 Å². The highest BCUT2D eigenvalue weighted by molar-refractivity contribution is 6.36. The molecule has 0 unspecified atom stereocenters. The second kappa shape index (κ2) is 8.71. The van der Waals surface area contributed by atoms with Crippen molar-refractivity contribution in [3.63, 3.8) is 0 Å². The van der Waals surface area contributed by atoms with Crippen molar-refractivity contribution in [3.8, 4) is 5.75 Å². The van der Waals surface area contributed by atoms with Gasteiger partial charge in [0.05, 0.1) is 24.8 Å². The molecule has 6 heteroatoms. The Morgan fingerprint density at radius 2 is 1.64 bits per heavy atom. The zero-order valence-electron chi connectivity index (χ0n) is 16.3. The lowest BCUT2D eigenvalue weighted by Crippen LogP contribution is -2.35. The summed E-state index contributed by atoms with van der Waals surface area (Å²) in [5.41, 5.74) is 2.03. The van der Waals surface area contributed by atoms with E-state index in [0.29, 0.717) is 16.8 Å². The normalized spacial score (nSPS) is 14.2. The van der Waals surface area contributed by atoms with Gasteiger partial charge in [0, 0.05) is 12.8 Å². The smallest absolute Gasteiger partial charge is 0.278 e. The number of methoxy groups -OCH3 is 1. The van der Waals surface area contributed by atoms with Gasteiger partial charge in [-0.1, -0.05) is 30.3 Å². The van der Waals surface area contributed by atoms with Crippen LogP contribution in [0, 0.1) is 0 Å². The molecule has 2 aromatic rings. The molecule has 146 valence electrons. The van der Waals surface area contributed by atoms with Gasteiger partial charge < -0.3 is 14.8 Å². The van der Waals surface area contributed by atoms with E-state index < -0.39 is 0 Å². The number of amides is 2. The topological polar surface area (TPSA) is 67.9 Å². The molecule has 1 aliphatic heterocycles. The highest BCUT2D eigenvalue weighted by Crippen LogP contribution is 2.30. The first kappa shape index (κ1) is 19.6. The lowest BCUT2D eigenvalue weighted by molar-refractivity contribution is -0.137. The Morgan fingerprint density at radius 1 is 0.964 bits per heavy atom. The molecular weight excluding hydrogens is 356 g/mol. The van der Waals surface area contributed by atoms with E-state index in [2.05, 4.69) is 5.32 Å². The van der Waals surface area contributed by atoms with Crippen molar-refractivity contribution in [1.82, 2.24) is 4.90 Å². The molecule has 1 heterocycles. The minimum atomic E-state index is -0.358. The van der Waals surface area contributed by atoms with Gasteiger partial charge in [-0.2, -0.15) is 0 Å². The van der Waals surface area contributed by atoms with Crippen LogP contribution < -0.4 is 10.1 Å². The van der Waals surface area contributed by atoms with Crippen molar-refractivity contribution in [2.24, 2.45) is 0 Å². The summed E-state index contributed by atoms with van der Waals surface area (Å²) in [6, 6.07) is 16.5. The largest absolute Gasteiger partial charge is 0.491 e. The molecular formula is C22H24N2O4. The number of nitrogens with zero attached hydrogens (tertiary/aromatic N) is 1. The number of carbonyl (C=O) groups is 2. The fourth-order valence-corrected chi connectivity index (χ4v) is 2.98. The molecule has 2 amide bonds. The van der Waals surface area contributed by atoms with E-state index in [1.54, 1.807) is 0 Å². The van der Waals surface area contributed by atoms with Crippen LogP contribution >= 0.6 is 0 Å². The van der Waals surface area contributed by atoms with Crippen molar-refractivity contribution in [3.05, 3.63) is 65.9 Å². The predicted molar refractivity (Wildman–Crippen MR) is 108 cm³/mol. The second-order valence-corrected chi connectivity index (χ2v) is 6.69. The molecule has 0 aliphatic carbocycles. The van der Waals surface area contributed by atoms with E-state index >= 15 is 0 Å². The Labute approximate surface area is 164 Å². The molecule has 6 nitrogen and oxygen atoms in total. The first-order valence-corrected chi connectivity index (χ1v) is 9.20. The molecule has 0 spiro atoms. The highest BCUT2D eigenvalue weighted by Gasteiger charge is 2.38. The molecule has 0 bridgehead atoms. The van der Waals surface area contributed by atoms with Gasteiger partial charge in [-0.25, -0.2) is 0 Å². The van der Waals surface area contributed by atoms with E-state index in [0.717, 1.165) is 5.75 Å². The van der Waals surface area contributed by atoms with Crippen molar-refractivity contribution in [1.29, 1.82) is 0 Å². The molecule has 2 aromatic carbocycles. The van der Waals surface area contributed by atoms with E-state index in [9.17, 15) is 9.59 Å². The van der Waals surface area contributed by atoms with Gasteiger partial charge >= 0.3 is 0 Å². The van der Waals surface area contributed by atoms with E-state index in [4.69, 9.17) is 9.47 Å². The van der Waals surface area contributed by atoms with E-state index in [1.807, 2.05) is 68.4 Å². The third kappa shape index (κ3) is 4.23. The van der Waals surface area contributed by atoms with Gasteiger partial charge in [-0.3, -0.25) is 14.5 Å². The number of carbonyl (C=O) groups excluding carboxylic acids is 2. The molecule has 0 radical (unpaired) electrons. The molecule has 0 aromatic heterocycles. The minimum Gasteiger partial charge on any atom is -0.491 e. The highest BCUT2D eigenvalue weighted by atomic mass is 16.5. The van der Waals surface area contributed by atoms with Gasteiger partial charge in [0.15, 0.2) is 0 Å². The second-order valence-electron chi connectivity index (χ2n) is 6.69. The number of ether oxygens (including phenoxy) is 2. The van der Waals surface area contributed by atoms with Crippen LogP contribution in [-0.2, 0) is 14.3 Å². The summed E-state index contributed by atoms with van der Waals surface area (Å²) in [4.78, 5) is 27.1. The summed E-state index contributed by atoms with van der Waals surface area (Å²) < 4.78 is 10.7. The Bertz CT molecular complexity index is 873. The van der Waals surface area contributed by atoms with Crippen molar-refractivity contribution in [2.75, 3.05) is 25.6 Å². The molecule has 0 atom stereocenters. The fraction of sp³-hybridized carbons (Fsp3) is 0.273. The number of hydrogen-bond acceptors (Lipinski definition) is 5. The SMILES string of the molecule is COCCN1C(=O)C(Nc2ccc(OC(C)C)cc2)=C(c2ccccc2)C1=O. The third-order valence-electron chi connectivity index (χ3n) is 4.24. The number of hydrogen-bond donors (Lipinski definition) is 1. The molecule has 28 heavy (non-hydrogen) atoms. The first-order valence-electron chi connectivity index (χ1n) is 9.20. The summed E-state index contributed by atoms with van der Waals surface area (Å²) in [5.74, 6) is 0.0623. The van der Waals surface area contributed by atoms with Gasteiger partial charge in [-0.05, 0) is 43.7 Å². The Morgan fingerprint density at radius 3 is 2.25 bits per heavy atom. The molecule has 3 rings (SSSR count). The monoisotopic (exact) mass is 380 g/mol. The lowest BCUT2D eigenvalue weighted by atomic mass is 10.0. The molecule has 0 fully saturated rings. The zero-order chi connectivity index (χ0) is 20.1. The van der Waals surface area contributed by atoms with Crippen molar-refractivity contribution in [2.45, 2.75) is 20.0 Å². The van der Waals surface area contributed by atoms with Crippen LogP contribution in [0.1, 0.15) is 19.4 Å². The van der Waals surface area contributed by atoms with Gasteiger partial charge in [0.25, 0.3) is 11.8 Å². The van der Waals surface area contributed by atoms with Crippen LogP contribution in [-0.4, -0.2) is 43.1 Å². The molecule has 1 N–H and O–H groups in total. The number of imide groups is 1. The maximum absolute atomic E-state index is 12.9. The summed E-state index contributed by atoms with van der Waals surface area (Å²) in [6.07, 6.45) is 0.0783. The quantitative estimate of drug-likeness (QED) is 0.712. The molecule has 0 saturated carbocycles. The number of rotatable bonds is 8. The average Bonchev–Trinajstić information content (AvgIpc) is 2.91. The molecule has 0 saturated heterocycles. The van der Waals surface area contributed by atoms with Crippen LogP contribution in [0.4, 0.5) is 5.69 Å². The first-order chi connectivity index (χ1) is 13.5. The van der Waals surface area contributed by atoms with Crippen LogP contribution in [0.25, 0.3) is 5.57 Å². The van der Waals surface area contributed by atoms with Crippen molar-refractivity contribution >= 4 is 23.1 Å². The average molecular weight is 380 g/mol.